The summed E-state index contributed by atoms with van der Waals surface area (Å²) < 4.78 is 37.1. The van der Waals surface area contributed by atoms with Gasteiger partial charge in [-0.05, 0) is 87.6 Å². The van der Waals surface area contributed by atoms with Crippen molar-refractivity contribution in [2.45, 2.75) is 64.2 Å². The molecule has 19 nitrogen and oxygen atoms in total. The average Bonchev–Trinajstić information content (AvgIpc) is 3.91. The first-order valence-electron chi connectivity index (χ1n) is 22.8. The standard InChI is InChI=1S/C26H31N3O6.C17H18N2O4.C9H15NO3/c1-4-13-33-25(30)23-15-22(16-29(23)3)35-21-8-6-7-19(14-21)24(27)28-26(31)34-17-18-9-11-20(12-10-18)32-5-2;1-2-22-15-8-6-12(7-9-15)11-23-17(21)19-16(18)13-4-3-5-14(20)10-13;1-3-4-13-9(12)8-5-7(11)6-10(8)2/h4,6-12,14,22-23H,1,5,13,15-17H2,2-3H3,(H2,27,28,31);3-10,20H,2,11H2,1H3,(H2,18,19,21);3,7-8,11H,1,4-6H2,2H3/t22-,23+;;7-,8?/m0.0/s1. The van der Waals surface area contributed by atoms with Crippen LogP contribution >= 0.6 is 0 Å². The van der Waals surface area contributed by atoms with Gasteiger partial charge in [0.1, 0.15) is 79.3 Å². The number of aromatic hydroxyl groups is 1. The fourth-order valence-corrected chi connectivity index (χ4v) is 7.03. The zero-order chi connectivity index (χ0) is 51.7. The van der Waals surface area contributed by atoms with Gasteiger partial charge in [0, 0.05) is 37.1 Å². The highest BCUT2D eigenvalue weighted by molar-refractivity contribution is 6.05. The van der Waals surface area contributed by atoms with E-state index in [2.05, 4.69) is 23.8 Å². The molecule has 4 atom stereocenters. The SMILES string of the molecule is C=CCOC(=O)C1C[C@H](O)CN1C.C=CCOC(=O)[C@H]1C[C@H](Oc2cccc(C(=N)NC(=O)OCc3ccc(OCC)cc3)c2)CN1C.CCOc1ccc(COC(=O)NC(=N)c2cccc(O)c2)cc1. The first-order valence-corrected chi connectivity index (χ1v) is 22.8. The summed E-state index contributed by atoms with van der Waals surface area (Å²) in [5, 5.41) is 39.4. The molecule has 2 fully saturated rings. The summed E-state index contributed by atoms with van der Waals surface area (Å²) in [6, 6.07) is 26.7. The van der Waals surface area contributed by atoms with Crippen LogP contribution in [0, 0.1) is 10.8 Å². The van der Waals surface area contributed by atoms with Crippen LogP contribution in [0.25, 0.3) is 0 Å². The van der Waals surface area contributed by atoms with Crippen LogP contribution in [-0.2, 0) is 41.8 Å². The molecule has 0 aromatic heterocycles. The summed E-state index contributed by atoms with van der Waals surface area (Å²) >= 11 is 0. The Morgan fingerprint density at radius 1 is 0.648 bits per heavy atom. The van der Waals surface area contributed by atoms with Gasteiger partial charge in [0.05, 0.1) is 19.3 Å². The second kappa shape index (κ2) is 29.3. The number of carbonyl (C=O) groups is 4. The van der Waals surface area contributed by atoms with Crippen LogP contribution in [-0.4, -0.2) is 134 Å². The van der Waals surface area contributed by atoms with Crippen molar-refractivity contribution in [3.63, 3.8) is 0 Å². The van der Waals surface area contributed by atoms with Gasteiger partial charge in [-0.1, -0.05) is 73.8 Å². The van der Waals surface area contributed by atoms with E-state index in [9.17, 15) is 29.4 Å². The number of likely N-dealkylation sites (tertiary alicyclic amines) is 2. The van der Waals surface area contributed by atoms with E-state index in [1.165, 1.54) is 24.3 Å². The normalized spacial score (nSPS) is 17.0. The Hall–Kier alpha value is -7.74. The summed E-state index contributed by atoms with van der Waals surface area (Å²) in [4.78, 5) is 51.1. The average molecular weight is 981 g/mol. The van der Waals surface area contributed by atoms with Gasteiger partial charge in [-0.25, -0.2) is 9.59 Å². The minimum atomic E-state index is -0.729. The fraction of sp³-hybridized carbons (Fsp3) is 0.346. The third-order valence-corrected chi connectivity index (χ3v) is 10.5. The fourth-order valence-electron chi connectivity index (χ4n) is 7.03. The lowest BCUT2D eigenvalue weighted by atomic mass is 10.2. The van der Waals surface area contributed by atoms with E-state index in [1.54, 1.807) is 72.6 Å². The van der Waals surface area contributed by atoms with Crippen LogP contribution in [0.15, 0.2) is 122 Å². The highest BCUT2D eigenvalue weighted by atomic mass is 16.6. The van der Waals surface area contributed by atoms with Gasteiger partial charge >= 0.3 is 24.1 Å². The molecule has 2 saturated heterocycles. The van der Waals surface area contributed by atoms with E-state index < -0.39 is 18.3 Å². The maximum atomic E-state index is 12.2. The molecule has 0 spiro atoms. The summed E-state index contributed by atoms with van der Waals surface area (Å²) in [5.74, 6) is 1.23. The number of alkyl carbamates (subject to hydrolysis) is 2. The summed E-state index contributed by atoms with van der Waals surface area (Å²) in [5.41, 5.74) is 2.48. The number of ether oxygens (including phenoxy) is 7. The second-order valence-corrected chi connectivity index (χ2v) is 16.0. The van der Waals surface area contributed by atoms with Crippen molar-refractivity contribution in [2.75, 3.05) is 53.6 Å². The van der Waals surface area contributed by atoms with Crippen molar-refractivity contribution in [2.24, 2.45) is 0 Å². The Kier molecular flexibility index (Phi) is 23.1. The number of likely N-dealkylation sites (N-methyl/N-ethyl adjacent to an activating group) is 2. The number of phenolic OH excluding ortho intramolecular Hbond substituents is 1. The number of phenols is 1. The van der Waals surface area contributed by atoms with E-state index in [0.717, 1.165) is 22.6 Å². The minimum Gasteiger partial charge on any atom is -0.508 e. The molecule has 0 saturated carbocycles. The third-order valence-electron chi connectivity index (χ3n) is 10.5. The van der Waals surface area contributed by atoms with Crippen LogP contribution in [0.1, 0.15) is 48.9 Å². The Bertz CT molecular complexity index is 2400. The van der Waals surface area contributed by atoms with Gasteiger partial charge in [0.2, 0.25) is 0 Å². The number of aliphatic hydroxyl groups excluding tert-OH is 1. The highest BCUT2D eigenvalue weighted by Gasteiger charge is 2.37. The number of benzene rings is 4. The number of amidine groups is 2. The van der Waals surface area contributed by atoms with Gasteiger partial charge in [-0.2, -0.15) is 0 Å². The van der Waals surface area contributed by atoms with Crippen molar-refractivity contribution in [3.05, 3.63) is 145 Å². The molecule has 71 heavy (non-hydrogen) atoms. The maximum absolute atomic E-state index is 12.2. The minimum absolute atomic E-state index is 0.0248. The molecule has 2 aliphatic rings. The van der Waals surface area contributed by atoms with Gasteiger partial charge in [0.25, 0.3) is 0 Å². The van der Waals surface area contributed by atoms with Crippen molar-refractivity contribution in [3.8, 4) is 23.0 Å². The number of aliphatic hydroxyl groups is 1. The molecule has 0 aliphatic carbocycles. The van der Waals surface area contributed by atoms with Gasteiger partial charge in [-0.15, -0.1) is 0 Å². The molecule has 6 rings (SSSR count). The first kappa shape index (κ1) is 55.9. The quantitative estimate of drug-likeness (QED) is 0.0209. The van der Waals surface area contributed by atoms with Crippen molar-refractivity contribution < 1.29 is 62.5 Å². The second-order valence-electron chi connectivity index (χ2n) is 16.0. The molecule has 2 heterocycles. The number of esters is 2. The lowest BCUT2D eigenvalue weighted by Gasteiger charge is -2.16. The molecule has 0 bridgehead atoms. The van der Waals surface area contributed by atoms with E-state index >= 15 is 0 Å². The Morgan fingerprint density at radius 3 is 1.56 bits per heavy atom. The summed E-state index contributed by atoms with van der Waals surface area (Å²) in [6.45, 7) is 13.7. The van der Waals surface area contributed by atoms with Crippen LogP contribution in [0.4, 0.5) is 9.59 Å². The van der Waals surface area contributed by atoms with Crippen LogP contribution in [0.5, 0.6) is 23.0 Å². The number of nitrogens with zero attached hydrogens (tertiary/aromatic N) is 2. The molecule has 4 aromatic rings. The lowest BCUT2D eigenvalue weighted by Crippen LogP contribution is -2.34. The van der Waals surface area contributed by atoms with Crippen molar-refractivity contribution in [1.82, 2.24) is 20.4 Å². The number of hydrogen-bond acceptors (Lipinski definition) is 17. The summed E-state index contributed by atoms with van der Waals surface area (Å²) in [7, 11) is 3.65. The molecule has 2 aliphatic heterocycles. The van der Waals surface area contributed by atoms with Gasteiger partial charge in [0.15, 0.2) is 0 Å². The van der Waals surface area contributed by atoms with Crippen LogP contribution in [0.2, 0.25) is 0 Å². The van der Waals surface area contributed by atoms with E-state index in [4.69, 9.17) is 44.0 Å². The number of nitrogens with one attached hydrogen (secondary N) is 4. The number of carbonyl (C=O) groups excluding carboxylic acids is 4. The number of amides is 2. The Labute approximate surface area is 413 Å². The van der Waals surface area contributed by atoms with Crippen LogP contribution < -0.4 is 24.8 Å². The van der Waals surface area contributed by atoms with Crippen molar-refractivity contribution in [1.29, 1.82) is 10.8 Å². The molecule has 380 valence electrons. The van der Waals surface area contributed by atoms with E-state index in [1.807, 2.05) is 50.1 Å². The molecule has 4 aromatic carbocycles. The molecule has 1 unspecified atom stereocenters. The molecule has 6 N–H and O–H groups in total. The monoisotopic (exact) mass is 980 g/mol. The van der Waals surface area contributed by atoms with Gasteiger partial charge in [-0.3, -0.25) is 40.8 Å². The number of hydrogen-bond donors (Lipinski definition) is 6. The molecular weight excluding hydrogens is 917 g/mol. The molecule has 19 heteroatoms. The first-order chi connectivity index (χ1) is 34.1. The van der Waals surface area contributed by atoms with Crippen molar-refractivity contribution >= 4 is 35.8 Å². The van der Waals surface area contributed by atoms with Gasteiger partial charge < -0.3 is 43.4 Å². The molecule has 0 radical (unpaired) electrons. The number of β-amino-alcohol motifs (C(OH)–C–C–N with tert-alkyl or cyclic N) is 1. The zero-order valence-electron chi connectivity index (χ0n) is 40.5. The smallest absolute Gasteiger partial charge is 0.413 e. The predicted molar refractivity (Wildman–Crippen MR) is 265 cm³/mol. The van der Waals surface area contributed by atoms with E-state index in [0.29, 0.717) is 56.0 Å². The largest absolute Gasteiger partial charge is 0.508 e. The molecular formula is C52H64N6O13. The Morgan fingerprint density at radius 2 is 1.11 bits per heavy atom. The zero-order valence-corrected chi connectivity index (χ0v) is 40.5. The van der Waals surface area contributed by atoms with E-state index in [-0.39, 0.29) is 74.0 Å². The highest BCUT2D eigenvalue weighted by Crippen LogP contribution is 2.24. The molecule has 2 amide bonds. The third kappa shape index (κ3) is 19.3. The topological polar surface area (TPSA) is 252 Å². The summed E-state index contributed by atoms with van der Waals surface area (Å²) in [6.07, 6.45) is 1.94. The maximum Gasteiger partial charge on any atom is 0.413 e. The lowest BCUT2D eigenvalue weighted by molar-refractivity contribution is -0.148. The Balaban J connectivity index is 0.000000259. The van der Waals surface area contributed by atoms with Crippen LogP contribution in [0.3, 0.4) is 0 Å². The predicted octanol–water partition coefficient (Wildman–Crippen LogP) is 6.34. The number of rotatable bonds is 18.